The van der Waals surface area contributed by atoms with Gasteiger partial charge in [0.15, 0.2) is 0 Å². The van der Waals surface area contributed by atoms with Crippen molar-refractivity contribution in [3.8, 4) is 0 Å². The monoisotopic (exact) mass is 186 g/mol. The molecule has 0 aromatic heterocycles. The second-order valence-corrected chi connectivity index (χ2v) is 1.46. The minimum Gasteiger partial charge on any atom is -0.481 e. The molecule has 5 heteroatoms. The molecule has 0 rings (SSSR count). The summed E-state index contributed by atoms with van der Waals surface area (Å²) in [5.41, 5.74) is 5.79. The third-order valence-electron chi connectivity index (χ3n) is 0.579. The summed E-state index contributed by atoms with van der Waals surface area (Å²) in [7, 11) is 1.43. The SMILES string of the molecule is COC(=N)/C=C(/C)N.Cl.Cl. The first-order valence-corrected chi connectivity index (χ1v) is 2.23. The molecule has 0 aromatic rings. The second-order valence-electron chi connectivity index (χ2n) is 1.46. The summed E-state index contributed by atoms with van der Waals surface area (Å²) in [5.74, 6) is 0.0880. The normalized spacial score (nSPS) is 8.80. The number of nitrogens with two attached hydrogens (primary N) is 1. The van der Waals surface area contributed by atoms with Gasteiger partial charge >= 0.3 is 0 Å². The van der Waals surface area contributed by atoms with Crippen LogP contribution in [0.15, 0.2) is 11.8 Å². The van der Waals surface area contributed by atoms with Crippen molar-refractivity contribution in [3.05, 3.63) is 11.8 Å². The maximum Gasteiger partial charge on any atom is 0.207 e. The third-order valence-corrected chi connectivity index (χ3v) is 0.579. The van der Waals surface area contributed by atoms with Gasteiger partial charge in [0.1, 0.15) is 0 Å². The zero-order valence-electron chi connectivity index (χ0n) is 5.88. The molecule has 3 nitrogen and oxygen atoms in total. The molecule has 0 aromatic carbocycles. The van der Waals surface area contributed by atoms with Gasteiger partial charge < -0.3 is 10.5 Å². The largest absolute Gasteiger partial charge is 0.481 e. The van der Waals surface area contributed by atoms with Crippen molar-refractivity contribution in [2.45, 2.75) is 6.92 Å². The quantitative estimate of drug-likeness (QED) is 0.480. The summed E-state index contributed by atoms with van der Waals surface area (Å²) in [5, 5.41) is 6.89. The van der Waals surface area contributed by atoms with Crippen LogP contribution in [0, 0.1) is 5.41 Å². The number of hydrogen-bond donors (Lipinski definition) is 2. The first-order valence-electron chi connectivity index (χ1n) is 2.23. The Kier molecular flexibility index (Phi) is 14.0. The van der Waals surface area contributed by atoms with Crippen LogP contribution in [0.1, 0.15) is 6.92 Å². The highest BCUT2D eigenvalue weighted by atomic mass is 35.5. The van der Waals surface area contributed by atoms with E-state index in [1.807, 2.05) is 0 Å². The van der Waals surface area contributed by atoms with Gasteiger partial charge in [0.05, 0.1) is 7.11 Å². The zero-order valence-corrected chi connectivity index (χ0v) is 7.51. The minimum atomic E-state index is 0. The topological polar surface area (TPSA) is 59.1 Å². The fourth-order valence-corrected chi connectivity index (χ4v) is 0.266. The highest BCUT2D eigenvalue weighted by Gasteiger charge is 1.84. The lowest BCUT2D eigenvalue weighted by molar-refractivity contribution is 0.403. The lowest BCUT2D eigenvalue weighted by Gasteiger charge is -1.93. The molecule has 10 heavy (non-hydrogen) atoms. The third kappa shape index (κ3) is 10.5. The highest BCUT2D eigenvalue weighted by Crippen LogP contribution is 1.81. The molecule has 0 spiro atoms. The standard InChI is InChI=1S/C5H10N2O.2ClH/c1-4(6)3-5(7)8-2;;/h3,7H,6H2,1-2H3;2*1H/b4-3-,7-5?;;. The molecule has 62 valence electrons. The average Bonchev–Trinajstić information content (AvgIpc) is 1.65. The van der Waals surface area contributed by atoms with Crippen LogP contribution in [0.5, 0.6) is 0 Å². The molecule has 3 N–H and O–H groups in total. The van der Waals surface area contributed by atoms with E-state index in [4.69, 9.17) is 11.1 Å². The molecule has 0 fully saturated rings. The van der Waals surface area contributed by atoms with Crippen molar-refractivity contribution in [2.24, 2.45) is 5.73 Å². The molecule has 0 aliphatic heterocycles. The van der Waals surface area contributed by atoms with Gasteiger partial charge in [-0.3, -0.25) is 5.41 Å². The van der Waals surface area contributed by atoms with Crippen molar-refractivity contribution >= 4 is 30.7 Å². The van der Waals surface area contributed by atoms with Gasteiger partial charge in [0, 0.05) is 11.8 Å². The molecule has 0 heterocycles. The van der Waals surface area contributed by atoms with E-state index in [1.165, 1.54) is 13.2 Å². The van der Waals surface area contributed by atoms with E-state index in [2.05, 4.69) is 4.74 Å². The van der Waals surface area contributed by atoms with Crippen LogP contribution in [0.3, 0.4) is 0 Å². The van der Waals surface area contributed by atoms with Crippen LogP contribution in [0.25, 0.3) is 0 Å². The molecule has 0 amide bonds. The summed E-state index contributed by atoms with van der Waals surface area (Å²) in [6.45, 7) is 1.70. The van der Waals surface area contributed by atoms with E-state index in [1.54, 1.807) is 6.92 Å². The molecule has 0 aliphatic carbocycles. The Labute approximate surface area is 73.0 Å². The van der Waals surface area contributed by atoms with Gasteiger partial charge in [-0.15, -0.1) is 24.8 Å². The fraction of sp³-hybridized carbons (Fsp3) is 0.400. The van der Waals surface area contributed by atoms with E-state index in [0.717, 1.165) is 0 Å². The number of ether oxygens (including phenoxy) is 1. The summed E-state index contributed by atoms with van der Waals surface area (Å²) in [6, 6.07) is 0. The average molecular weight is 187 g/mol. The number of halogens is 2. The second kappa shape index (κ2) is 8.59. The minimum absolute atomic E-state index is 0. The first kappa shape index (κ1) is 16.3. The molecular formula is C5H12Cl2N2O. The van der Waals surface area contributed by atoms with Crippen molar-refractivity contribution in [1.82, 2.24) is 0 Å². The predicted molar refractivity (Wildman–Crippen MR) is 47.2 cm³/mol. The maximum absolute atomic E-state index is 6.89. The predicted octanol–water partition coefficient (Wildman–Crippen LogP) is 1.32. The van der Waals surface area contributed by atoms with Crippen molar-refractivity contribution in [3.63, 3.8) is 0 Å². The van der Waals surface area contributed by atoms with Crippen LogP contribution in [0.2, 0.25) is 0 Å². The maximum atomic E-state index is 6.89. The summed E-state index contributed by atoms with van der Waals surface area (Å²) in [4.78, 5) is 0. The lowest BCUT2D eigenvalue weighted by Crippen LogP contribution is -1.99. The van der Waals surface area contributed by atoms with Gasteiger partial charge in [-0.25, -0.2) is 0 Å². The fourth-order valence-electron chi connectivity index (χ4n) is 0.266. The summed E-state index contributed by atoms with van der Waals surface area (Å²) in [6.07, 6.45) is 1.44. The Morgan fingerprint density at radius 3 is 2.00 bits per heavy atom. The molecule has 0 saturated carbocycles. The van der Waals surface area contributed by atoms with Crippen LogP contribution in [-0.2, 0) is 4.74 Å². The zero-order chi connectivity index (χ0) is 6.57. The van der Waals surface area contributed by atoms with Gasteiger partial charge in [0.25, 0.3) is 0 Å². The van der Waals surface area contributed by atoms with Crippen LogP contribution in [0.4, 0.5) is 0 Å². The van der Waals surface area contributed by atoms with Crippen LogP contribution < -0.4 is 5.73 Å². The molecule has 0 aliphatic rings. The van der Waals surface area contributed by atoms with Crippen molar-refractivity contribution < 1.29 is 4.74 Å². The Balaban J connectivity index is -0.000000245. The molecular weight excluding hydrogens is 175 g/mol. The van der Waals surface area contributed by atoms with Gasteiger partial charge in [-0.2, -0.15) is 0 Å². The smallest absolute Gasteiger partial charge is 0.207 e. The lowest BCUT2D eigenvalue weighted by atomic mass is 10.4. The summed E-state index contributed by atoms with van der Waals surface area (Å²) < 4.78 is 4.49. The van der Waals surface area contributed by atoms with E-state index < -0.39 is 0 Å². The van der Waals surface area contributed by atoms with Crippen LogP contribution >= 0.6 is 24.8 Å². The van der Waals surface area contributed by atoms with Crippen molar-refractivity contribution in [1.29, 1.82) is 5.41 Å². The Morgan fingerprint density at radius 1 is 1.50 bits per heavy atom. The molecule has 0 radical (unpaired) electrons. The van der Waals surface area contributed by atoms with Gasteiger partial charge in [-0.05, 0) is 6.92 Å². The van der Waals surface area contributed by atoms with Gasteiger partial charge in [-0.1, -0.05) is 0 Å². The Hall–Kier alpha value is -0.410. The number of methoxy groups -OCH3 is 1. The molecule has 0 atom stereocenters. The Morgan fingerprint density at radius 2 is 1.90 bits per heavy atom. The Bertz CT molecular complexity index is 121. The number of rotatable bonds is 1. The van der Waals surface area contributed by atoms with E-state index >= 15 is 0 Å². The van der Waals surface area contributed by atoms with Crippen molar-refractivity contribution in [2.75, 3.05) is 7.11 Å². The molecule has 0 saturated heterocycles. The number of nitrogens with one attached hydrogen (secondary N) is 1. The number of allylic oxidation sites excluding steroid dienone is 1. The van der Waals surface area contributed by atoms with Gasteiger partial charge in [0.2, 0.25) is 5.90 Å². The summed E-state index contributed by atoms with van der Waals surface area (Å²) >= 11 is 0. The van der Waals surface area contributed by atoms with E-state index in [0.29, 0.717) is 5.70 Å². The number of hydrogen-bond acceptors (Lipinski definition) is 3. The van der Waals surface area contributed by atoms with E-state index in [-0.39, 0.29) is 30.7 Å². The van der Waals surface area contributed by atoms with E-state index in [9.17, 15) is 0 Å². The molecule has 0 bridgehead atoms. The first-order chi connectivity index (χ1) is 3.66. The molecule has 0 unspecified atom stereocenters. The van der Waals surface area contributed by atoms with Crippen LogP contribution in [-0.4, -0.2) is 13.0 Å². The highest BCUT2D eigenvalue weighted by molar-refractivity contribution is 5.85.